The summed E-state index contributed by atoms with van der Waals surface area (Å²) in [7, 11) is 3.81. The molecule has 0 saturated carbocycles. The van der Waals surface area contributed by atoms with Crippen molar-refractivity contribution in [1.29, 1.82) is 0 Å². The Kier molecular flexibility index (Phi) is 4.21. The zero-order chi connectivity index (χ0) is 13.1. The first-order chi connectivity index (χ1) is 8.61. The van der Waals surface area contributed by atoms with Crippen molar-refractivity contribution in [3.8, 4) is 0 Å². The zero-order valence-corrected chi connectivity index (χ0v) is 12.1. The molecule has 0 aliphatic rings. The number of carbonyl (C=O) groups excluding carboxylic acids is 1. The van der Waals surface area contributed by atoms with Crippen LogP contribution in [0.3, 0.4) is 0 Å². The molecule has 0 saturated heterocycles. The first kappa shape index (κ1) is 13.3. The number of aldehydes is 1. The molecule has 18 heavy (non-hydrogen) atoms. The van der Waals surface area contributed by atoms with Crippen molar-refractivity contribution in [3.05, 3.63) is 28.8 Å². The van der Waals surface area contributed by atoms with Crippen LogP contribution in [0.5, 0.6) is 0 Å². The highest BCUT2D eigenvalue weighted by Crippen LogP contribution is 2.38. The van der Waals surface area contributed by atoms with E-state index in [0.717, 1.165) is 20.7 Å². The van der Waals surface area contributed by atoms with Crippen LogP contribution in [-0.2, 0) is 0 Å². The van der Waals surface area contributed by atoms with Crippen molar-refractivity contribution in [2.24, 2.45) is 0 Å². The van der Waals surface area contributed by atoms with Crippen molar-refractivity contribution in [2.45, 2.75) is 9.24 Å². The van der Waals surface area contributed by atoms with E-state index in [0.29, 0.717) is 10.6 Å². The van der Waals surface area contributed by atoms with Crippen LogP contribution in [0.2, 0.25) is 5.02 Å². The van der Waals surface area contributed by atoms with Gasteiger partial charge in [0.05, 0.1) is 5.02 Å². The molecule has 1 heterocycles. The van der Waals surface area contributed by atoms with Gasteiger partial charge in [0.2, 0.25) is 5.13 Å². The lowest BCUT2D eigenvalue weighted by Crippen LogP contribution is -2.07. The van der Waals surface area contributed by atoms with Gasteiger partial charge in [-0.3, -0.25) is 4.79 Å². The normalized spacial score (nSPS) is 10.4. The van der Waals surface area contributed by atoms with Gasteiger partial charge in [0.15, 0.2) is 10.6 Å². The third-order valence-corrected chi connectivity index (χ3v) is 4.82. The van der Waals surface area contributed by atoms with Crippen LogP contribution in [0.25, 0.3) is 0 Å². The molecule has 7 heteroatoms. The molecule has 2 rings (SSSR count). The molecule has 0 aliphatic carbocycles. The minimum absolute atomic E-state index is 0.547. The molecule has 0 radical (unpaired) electrons. The summed E-state index contributed by atoms with van der Waals surface area (Å²) in [5, 5.41) is 9.47. The van der Waals surface area contributed by atoms with Crippen molar-refractivity contribution < 1.29 is 4.79 Å². The Morgan fingerprint density at radius 3 is 2.78 bits per heavy atom. The van der Waals surface area contributed by atoms with E-state index < -0.39 is 0 Å². The summed E-state index contributed by atoms with van der Waals surface area (Å²) in [5.41, 5.74) is 0.564. The lowest BCUT2D eigenvalue weighted by atomic mass is 10.2. The van der Waals surface area contributed by atoms with Gasteiger partial charge < -0.3 is 4.90 Å². The van der Waals surface area contributed by atoms with Crippen molar-refractivity contribution in [3.63, 3.8) is 0 Å². The molecule has 1 aromatic carbocycles. The number of aromatic nitrogens is 2. The fourth-order valence-electron chi connectivity index (χ4n) is 1.24. The van der Waals surface area contributed by atoms with E-state index in [2.05, 4.69) is 10.2 Å². The molecular weight excluding hydrogens is 290 g/mol. The highest BCUT2D eigenvalue weighted by molar-refractivity contribution is 8.01. The van der Waals surface area contributed by atoms with E-state index in [1.807, 2.05) is 19.0 Å². The number of hydrogen-bond donors (Lipinski definition) is 0. The van der Waals surface area contributed by atoms with Gasteiger partial charge in [-0.15, -0.1) is 10.2 Å². The maximum absolute atomic E-state index is 11.0. The largest absolute Gasteiger partial charge is 0.353 e. The Hall–Kier alpha value is -1.11. The molecule has 0 N–H and O–H groups in total. The summed E-state index contributed by atoms with van der Waals surface area (Å²) in [6.45, 7) is 0. The molecule has 0 atom stereocenters. The minimum Gasteiger partial charge on any atom is -0.353 e. The van der Waals surface area contributed by atoms with Crippen molar-refractivity contribution in [2.75, 3.05) is 19.0 Å². The predicted octanol–water partition coefficient (Wildman–Crippen LogP) is 3.22. The van der Waals surface area contributed by atoms with E-state index >= 15 is 0 Å². The third kappa shape index (κ3) is 2.82. The molecule has 94 valence electrons. The van der Waals surface area contributed by atoms with E-state index in [1.165, 1.54) is 23.1 Å². The standard InChI is InChI=1S/C11H10ClN3OS2/c1-15(2)10-13-14-11(18-10)17-9-7(6-16)4-3-5-8(9)12/h3-6H,1-2H3. The summed E-state index contributed by atoms with van der Waals surface area (Å²) in [4.78, 5) is 13.6. The second-order valence-electron chi connectivity index (χ2n) is 3.62. The van der Waals surface area contributed by atoms with E-state index in [4.69, 9.17) is 11.6 Å². The first-order valence-electron chi connectivity index (χ1n) is 5.04. The van der Waals surface area contributed by atoms with Crippen LogP contribution < -0.4 is 4.90 Å². The van der Waals surface area contributed by atoms with Crippen molar-refractivity contribution >= 4 is 46.1 Å². The second-order valence-corrected chi connectivity index (χ2v) is 6.24. The first-order valence-corrected chi connectivity index (χ1v) is 7.05. The molecule has 2 aromatic rings. The van der Waals surface area contributed by atoms with Gasteiger partial charge in [0, 0.05) is 24.6 Å². The zero-order valence-electron chi connectivity index (χ0n) is 9.75. The molecule has 0 spiro atoms. The number of benzene rings is 1. The summed E-state index contributed by atoms with van der Waals surface area (Å²) in [6.07, 6.45) is 0.794. The number of nitrogens with zero attached hydrogens (tertiary/aromatic N) is 3. The van der Waals surface area contributed by atoms with Crippen LogP contribution >= 0.6 is 34.7 Å². The number of carbonyl (C=O) groups is 1. The van der Waals surface area contributed by atoms with Gasteiger partial charge in [0.25, 0.3) is 0 Å². The molecule has 0 fully saturated rings. The van der Waals surface area contributed by atoms with Crippen LogP contribution in [0.1, 0.15) is 10.4 Å². The van der Waals surface area contributed by atoms with Crippen LogP contribution in [-0.4, -0.2) is 30.6 Å². The summed E-state index contributed by atoms with van der Waals surface area (Å²) < 4.78 is 0.759. The van der Waals surface area contributed by atoms with E-state index in [9.17, 15) is 4.79 Å². The Morgan fingerprint density at radius 2 is 2.17 bits per heavy atom. The summed E-state index contributed by atoms with van der Waals surface area (Å²) in [5.74, 6) is 0. The molecule has 0 amide bonds. The molecule has 4 nitrogen and oxygen atoms in total. The fraction of sp³-hybridized carbons (Fsp3) is 0.182. The van der Waals surface area contributed by atoms with Gasteiger partial charge in [-0.05, 0) is 6.07 Å². The topological polar surface area (TPSA) is 46.1 Å². The minimum atomic E-state index is 0.547. The second kappa shape index (κ2) is 5.69. The Morgan fingerprint density at radius 1 is 1.39 bits per heavy atom. The van der Waals surface area contributed by atoms with Crippen molar-refractivity contribution in [1.82, 2.24) is 10.2 Å². The molecule has 0 bridgehead atoms. The maximum Gasteiger partial charge on any atom is 0.208 e. The van der Waals surface area contributed by atoms with Gasteiger partial charge >= 0.3 is 0 Å². The van der Waals surface area contributed by atoms with E-state index in [1.54, 1.807) is 18.2 Å². The highest BCUT2D eigenvalue weighted by Gasteiger charge is 2.12. The Labute approximate surface area is 118 Å². The average Bonchev–Trinajstić information content (AvgIpc) is 2.80. The lowest BCUT2D eigenvalue weighted by Gasteiger charge is -2.05. The number of rotatable bonds is 4. The summed E-state index contributed by atoms with van der Waals surface area (Å²) in [6, 6.07) is 5.24. The Bertz CT molecular complexity index is 571. The number of hydrogen-bond acceptors (Lipinski definition) is 6. The third-order valence-electron chi connectivity index (χ3n) is 2.09. The Balaban J connectivity index is 2.30. The maximum atomic E-state index is 11.0. The van der Waals surface area contributed by atoms with Gasteiger partial charge in [-0.25, -0.2) is 0 Å². The molecular formula is C11H10ClN3OS2. The van der Waals surface area contributed by atoms with Crippen LogP contribution in [0.4, 0.5) is 5.13 Å². The smallest absolute Gasteiger partial charge is 0.208 e. The SMILES string of the molecule is CN(C)c1nnc(Sc2c(Cl)cccc2C=O)s1. The molecule has 1 aromatic heterocycles. The predicted molar refractivity (Wildman–Crippen MR) is 75.2 cm³/mol. The van der Waals surface area contributed by atoms with Gasteiger partial charge in [0.1, 0.15) is 0 Å². The number of halogens is 1. The fourth-order valence-corrected chi connectivity index (χ4v) is 3.33. The average molecular weight is 300 g/mol. The van der Waals surface area contributed by atoms with Gasteiger partial charge in [-0.2, -0.15) is 0 Å². The highest BCUT2D eigenvalue weighted by atomic mass is 35.5. The molecule has 0 aliphatic heterocycles. The van der Waals surface area contributed by atoms with Crippen LogP contribution in [0.15, 0.2) is 27.4 Å². The molecule has 0 unspecified atom stereocenters. The monoisotopic (exact) mass is 299 g/mol. The van der Waals surface area contributed by atoms with Gasteiger partial charge in [-0.1, -0.05) is 46.8 Å². The lowest BCUT2D eigenvalue weighted by molar-refractivity contribution is 0.112. The number of anilines is 1. The van der Waals surface area contributed by atoms with E-state index in [-0.39, 0.29) is 0 Å². The van der Waals surface area contributed by atoms with Crippen LogP contribution in [0, 0.1) is 0 Å². The summed E-state index contributed by atoms with van der Waals surface area (Å²) >= 11 is 8.91. The quantitative estimate of drug-likeness (QED) is 0.811.